The fraction of sp³-hybridized carbons (Fsp3) is 0.133. The van der Waals surface area contributed by atoms with E-state index in [4.69, 9.17) is 4.74 Å². The number of benzene rings is 2. The third kappa shape index (κ3) is 2.85. The summed E-state index contributed by atoms with van der Waals surface area (Å²) in [5.41, 5.74) is 0.198. The summed E-state index contributed by atoms with van der Waals surface area (Å²) in [7, 11) is -2.46. The predicted molar refractivity (Wildman–Crippen MR) is 82.6 cm³/mol. The van der Waals surface area contributed by atoms with E-state index in [0.717, 1.165) is 6.07 Å². The molecule has 0 aromatic heterocycles. The quantitative estimate of drug-likeness (QED) is 0.930. The third-order valence-corrected chi connectivity index (χ3v) is 4.81. The number of amides is 1. The van der Waals surface area contributed by atoms with E-state index in [1.165, 1.54) is 48.3 Å². The summed E-state index contributed by atoms with van der Waals surface area (Å²) in [6.45, 7) is -0.0942. The fourth-order valence-corrected chi connectivity index (χ4v) is 3.25. The molecule has 0 radical (unpaired) electrons. The van der Waals surface area contributed by atoms with Crippen LogP contribution >= 0.6 is 0 Å². The molecule has 2 aromatic carbocycles. The summed E-state index contributed by atoms with van der Waals surface area (Å²) in [6, 6.07) is 9.59. The van der Waals surface area contributed by atoms with E-state index in [1.54, 1.807) is 0 Å². The van der Waals surface area contributed by atoms with Gasteiger partial charge in [-0.1, -0.05) is 12.1 Å². The Morgan fingerprint density at radius 2 is 1.96 bits per heavy atom. The number of nitrogens with one attached hydrogen (secondary N) is 1. The van der Waals surface area contributed by atoms with Crippen molar-refractivity contribution in [3.63, 3.8) is 0 Å². The van der Waals surface area contributed by atoms with Gasteiger partial charge in [-0.05, 0) is 30.3 Å². The Labute approximate surface area is 132 Å². The molecule has 0 unspecified atom stereocenters. The van der Waals surface area contributed by atoms with Crippen LogP contribution in [0.2, 0.25) is 0 Å². The first-order chi connectivity index (χ1) is 10.9. The average molecular weight is 336 g/mol. The normalized spacial score (nSPS) is 14.2. The number of sulfonamides is 1. The van der Waals surface area contributed by atoms with Gasteiger partial charge < -0.3 is 9.64 Å². The molecule has 120 valence electrons. The molecular formula is C15H13FN2O4S. The number of ether oxygens (including phenoxy) is 1. The van der Waals surface area contributed by atoms with Crippen molar-refractivity contribution in [1.82, 2.24) is 0 Å². The zero-order valence-electron chi connectivity index (χ0n) is 12.1. The zero-order chi connectivity index (χ0) is 16.6. The van der Waals surface area contributed by atoms with Crippen molar-refractivity contribution in [1.29, 1.82) is 0 Å². The van der Waals surface area contributed by atoms with Crippen molar-refractivity contribution >= 4 is 27.3 Å². The number of likely N-dealkylation sites (N-methyl/N-ethyl adjacent to an activating group) is 1. The summed E-state index contributed by atoms with van der Waals surface area (Å²) in [4.78, 5) is 12.9. The molecule has 1 aliphatic rings. The lowest BCUT2D eigenvalue weighted by atomic mass is 10.2. The van der Waals surface area contributed by atoms with E-state index in [9.17, 15) is 17.6 Å². The van der Waals surface area contributed by atoms with Crippen molar-refractivity contribution in [2.24, 2.45) is 0 Å². The summed E-state index contributed by atoms with van der Waals surface area (Å²) in [5.74, 6) is -0.546. The monoisotopic (exact) mass is 336 g/mol. The number of carbonyl (C=O) groups is 1. The smallest absolute Gasteiger partial charge is 0.264 e. The van der Waals surface area contributed by atoms with E-state index < -0.39 is 15.8 Å². The Morgan fingerprint density at radius 1 is 1.22 bits per heavy atom. The standard InChI is InChI=1S/C15H13FN2O4S/c1-18-13-8-10(6-7-14(13)22-9-15(18)19)23(20,21)17-12-5-3-2-4-11(12)16/h2-8,17H,9H2,1H3. The highest BCUT2D eigenvalue weighted by atomic mass is 32.2. The molecule has 23 heavy (non-hydrogen) atoms. The molecule has 8 heteroatoms. The first kappa shape index (κ1) is 15.3. The average Bonchev–Trinajstić information content (AvgIpc) is 2.53. The van der Waals surface area contributed by atoms with E-state index in [-0.39, 0.29) is 23.1 Å². The Kier molecular flexibility index (Phi) is 3.69. The maximum atomic E-state index is 13.6. The SMILES string of the molecule is CN1C(=O)COc2ccc(S(=O)(=O)Nc3ccccc3F)cc21. The van der Waals surface area contributed by atoms with Gasteiger partial charge in [0.2, 0.25) is 0 Å². The first-order valence-corrected chi connectivity index (χ1v) is 8.17. The number of hydrogen-bond donors (Lipinski definition) is 1. The number of carbonyl (C=O) groups excluding carboxylic acids is 1. The maximum Gasteiger partial charge on any atom is 0.264 e. The molecule has 1 aliphatic heterocycles. The van der Waals surface area contributed by atoms with Gasteiger partial charge in [0.05, 0.1) is 16.3 Å². The number of anilines is 2. The molecule has 0 saturated carbocycles. The molecule has 0 bridgehead atoms. The highest BCUT2D eigenvalue weighted by molar-refractivity contribution is 7.92. The van der Waals surface area contributed by atoms with Crippen LogP contribution in [0.5, 0.6) is 5.75 Å². The van der Waals surface area contributed by atoms with Gasteiger partial charge in [-0.15, -0.1) is 0 Å². The molecular weight excluding hydrogens is 323 g/mol. The summed E-state index contributed by atoms with van der Waals surface area (Å²) in [6.07, 6.45) is 0. The minimum Gasteiger partial charge on any atom is -0.482 e. The van der Waals surface area contributed by atoms with Crippen LogP contribution in [-0.4, -0.2) is 28.0 Å². The van der Waals surface area contributed by atoms with E-state index in [0.29, 0.717) is 11.4 Å². The van der Waals surface area contributed by atoms with Crippen molar-refractivity contribution in [3.8, 4) is 5.75 Å². The summed E-state index contributed by atoms with van der Waals surface area (Å²) < 4.78 is 45.9. The Morgan fingerprint density at radius 3 is 2.70 bits per heavy atom. The van der Waals surface area contributed by atoms with E-state index >= 15 is 0 Å². The second-order valence-electron chi connectivity index (χ2n) is 4.96. The summed E-state index contributed by atoms with van der Waals surface area (Å²) in [5, 5.41) is 0. The van der Waals surface area contributed by atoms with E-state index in [2.05, 4.69) is 4.72 Å². The Bertz CT molecular complexity index is 883. The van der Waals surface area contributed by atoms with Crippen LogP contribution in [0.15, 0.2) is 47.4 Å². The van der Waals surface area contributed by atoms with Crippen LogP contribution in [-0.2, 0) is 14.8 Å². The van der Waals surface area contributed by atoms with Crippen molar-refractivity contribution < 1.29 is 22.3 Å². The van der Waals surface area contributed by atoms with Crippen LogP contribution < -0.4 is 14.4 Å². The maximum absolute atomic E-state index is 13.6. The molecule has 2 aromatic rings. The van der Waals surface area contributed by atoms with Gasteiger partial charge in [0.25, 0.3) is 15.9 Å². The zero-order valence-corrected chi connectivity index (χ0v) is 12.9. The van der Waals surface area contributed by atoms with Gasteiger partial charge in [0.1, 0.15) is 11.6 Å². The van der Waals surface area contributed by atoms with Gasteiger partial charge in [-0.2, -0.15) is 0 Å². The number of rotatable bonds is 3. The molecule has 3 rings (SSSR count). The van der Waals surface area contributed by atoms with Crippen LogP contribution in [0.4, 0.5) is 15.8 Å². The van der Waals surface area contributed by atoms with Crippen LogP contribution in [0.3, 0.4) is 0 Å². The number of para-hydroxylation sites is 1. The molecule has 0 aliphatic carbocycles. The largest absolute Gasteiger partial charge is 0.482 e. The molecule has 0 saturated heterocycles. The molecule has 0 spiro atoms. The molecule has 1 N–H and O–H groups in total. The van der Waals surface area contributed by atoms with Gasteiger partial charge in [-0.25, -0.2) is 12.8 Å². The minimum absolute atomic E-state index is 0.0929. The number of nitrogens with zero attached hydrogens (tertiary/aromatic N) is 1. The first-order valence-electron chi connectivity index (χ1n) is 6.69. The van der Waals surface area contributed by atoms with Gasteiger partial charge in [0, 0.05) is 7.05 Å². The van der Waals surface area contributed by atoms with Crippen LogP contribution in [0.1, 0.15) is 0 Å². The molecule has 1 amide bonds. The van der Waals surface area contributed by atoms with Crippen LogP contribution in [0, 0.1) is 5.82 Å². The molecule has 0 fully saturated rings. The van der Waals surface area contributed by atoms with Crippen molar-refractivity contribution in [2.45, 2.75) is 4.90 Å². The third-order valence-electron chi connectivity index (χ3n) is 3.45. The minimum atomic E-state index is -3.99. The second-order valence-corrected chi connectivity index (χ2v) is 6.64. The highest BCUT2D eigenvalue weighted by Gasteiger charge is 2.25. The number of fused-ring (bicyclic) bond motifs is 1. The summed E-state index contributed by atoms with van der Waals surface area (Å²) >= 11 is 0. The lowest BCUT2D eigenvalue weighted by Gasteiger charge is -2.26. The van der Waals surface area contributed by atoms with Gasteiger partial charge in [-0.3, -0.25) is 9.52 Å². The Balaban J connectivity index is 1.98. The van der Waals surface area contributed by atoms with Gasteiger partial charge >= 0.3 is 0 Å². The topological polar surface area (TPSA) is 75.7 Å². The van der Waals surface area contributed by atoms with Crippen molar-refractivity contribution in [3.05, 3.63) is 48.3 Å². The molecule has 6 nitrogen and oxygen atoms in total. The predicted octanol–water partition coefficient (Wildman–Crippen LogP) is 1.98. The lowest BCUT2D eigenvalue weighted by molar-refractivity contribution is -0.120. The number of halogens is 1. The van der Waals surface area contributed by atoms with Crippen LogP contribution in [0.25, 0.3) is 0 Å². The second kappa shape index (κ2) is 5.54. The fourth-order valence-electron chi connectivity index (χ4n) is 2.17. The highest BCUT2D eigenvalue weighted by Crippen LogP contribution is 2.33. The number of hydrogen-bond acceptors (Lipinski definition) is 4. The lowest BCUT2D eigenvalue weighted by Crippen LogP contribution is -2.35. The van der Waals surface area contributed by atoms with E-state index in [1.807, 2.05) is 0 Å². The van der Waals surface area contributed by atoms with Gasteiger partial charge in [0.15, 0.2) is 6.61 Å². The Hall–Kier alpha value is -2.61. The molecule has 0 atom stereocenters. The van der Waals surface area contributed by atoms with Crippen molar-refractivity contribution in [2.75, 3.05) is 23.3 Å². The molecule has 1 heterocycles.